The highest BCUT2D eigenvalue weighted by Crippen LogP contribution is 2.73. The quantitative estimate of drug-likeness (QED) is 0.181. The Balaban J connectivity index is 1.20. The number of ether oxygens (including phenoxy) is 1. The number of nitrogens with zero attached hydrogens (tertiary/aromatic N) is 1. The van der Waals surface area contributed by atoms with Gasteiger partial charge in [-0.3, -0.25) is 0 Å². The molecule has 5 unspecified atom stereocenters. The third-order valence-corrected chi connectivity index (χ3v) is 16.8. The van der Waals surface area contributed by atoms with Crippen LogP contribution in [0.4, 0.5) is 17.1 Å². The van der Waals surface area contributed by atoms with Gasteiger partial charge in [0, 0.05) is 34.0 Å². The molecule has 0 radical (unpaired) electrons. The minimum Gasteiger partial charge on any atom is -0.457 e. The molecule has 12 rings (SSSR count). The topological polar surface area (TPSA) is 12.5 Å². The summed E-state index contributed by atoms with van der Waals surface area (Å²) < 4.78 is 7.28. The zero-order chi connectivity index (χ0) is 39.3. The summed E-state index contributed by atoms with van der Waals surface area (Å²) in [7, 11) is 0. The summed E-state index contributed by atoms with van der Waals surface area (Å²) in [4.78, 5) is 2.59. The first-order valence-corrected chi connectivity index (χ1v) is 22.3. The molecule has 0 N–H and O–H groups in total. The second-order valence-corrected chi connectivity index (χ2v) is 21.9. The molecule has 4 saturated carbocycles. The molecule has 4 fully saturated rings. The molecule has 0 saturated heterocycles. The lowest BCUT2D eigenvalue weighted by molar-refractivity contribution is 0.174. The highest BCUT2D eigenvalue weighted by Gasteiger charge is 2.66. The summed E-state index contributed by atoms with van der Waals surface area (Å²) in [6.07, 6.45) is 10.2. The van der Waals surface area contributed by atoms with Gasteiger partial charge in [-0.1, -0.05) is 116 Å². The van der Waals surface area contributed by atoms with E-state index < -0.39 is 0 Å². The van der Waals surface area contributed by atoms with Crippen LogP contribution in [0, 0.1) is 23.7 Å². The van der Waals surface area contributed by atoms with Crippen molar-refractivity contribution in [2.45, 2.75) is 134 Å². The van der Waals surface area contributed by atoms with Crippen molar-refractivity contribution in [3.05, 3.63) is 137 Å². The van der Waals surface area contributed by atoms with Crippen molar-refractivity contribution in [2.75, 3.05) is 4.90 Å². The standard InChI is InChI=1S/C55H61NO/c1-51(2)22-24-53(5,6)46-31-38(18-20-42(46)51)56(39-19-21-43-47(32-39)54(7,8)25-23-52(43,3)4)40-30-41(35-14-10-9-11-15-35)50-49(33-40)57-48-17-13-12-16-44(48)55(50)37-27-34-26-36(29-37)45(55)28-34/h9-21,30-34,36-37,45H,22-29H2,1-8H3. The van der Waals surface area contributed by atoms with Crippen LogP contribution in [-0.4, -0.2) is 0 Å². The van der Waals surface area contributed by atoms with E-state index in [1.165, 1.54) is 113 Å². The van der Waals surface area contributed by atoms with Gasteiger partial charge < -0.3 is 9.64 Å². The molecular weight excluding hydrogens is 691 g/mol. The highest BCUT2D eigenvalue weighted by atomic mass is 16.5. The number of hydrogen-bond acceptors (Lipinski definition) is 2. The van der Waals surface area contributed by atoms with Crippen LogP contribution in [0.15, 0.2) is 103 Å². The molecule has 5 aromatic rings. The second-order valence-electron chi connectivity index (χ2n) is 21.9. The van der Waals surface area contributed by atoms with Gasteiger partial charge in [-0.05, 0) is 166 Å². The van der Waals surface area contributed by atoms with Crippen molar-refractivity contribution < 1.29 is 4.74 Å². The predicted molar refractivity (Wildman–Crippen MR) is 237 cm³/mol. The SMILES string of the molecule is CC1(C)CCC(C)(C)c2cc(N(c3cc4c(c(-c5ccccc5)c3)C3(c5ccccc5O4)C4CC5CC(C4)C3C5)c3ccc4c(c3)C(C)(C)CCC4(C)C)ccc21. The number of fused-ring (bicyclic) bond motifs is 4. The fourth-order valence-corrected chi connectivity index (χ4v) is 13.7. The zero-order valence-electron chi connectivity index (χ0n) is 35.6. The first kappa shape index (κ1) is 35.8. The van der Waals surface area contributed by atoms with E-state index in [4.69, 9.17) is 4.74 Å². The van der Waals surface area contributed by atoms with Gasteiger partial charge >= 0.3 is 0 Å². The number of anilines is 3. The summed E-state index contributed by atoms with van der Waals surface area (Å²) in [6.45, 7) is 19.6. The van der Waals surface area contributed by atoms with Gasteiger partial charge in [-0.2, -0.15) is 0 Å². The Morgan fingerprint density at radius 3 is 1.68 bits per heavy atom. The van der Waals surface area contributed by atoms with Crippen molar-refractivity contribution in [2.24, 2.45) is 23.7 Å². The van der Waals surface area contributed by atoms with Crippen LogP contribution in [0.25, 0.3) is 11.1 Å². The van der Waals surface area contributed by atoms with E-state index in [0.29, 0.717) is 11.8 Å². The normalized spacial score (nSPS) is 28.6. The van der Waals surface area contributed by atoms with Crippen molar-refractivity contribution >= 4 is 17.1 Å². The van der Waals surface area contributed by atoms with Gasteiger partial charge in [-0.25, -0.2) is 0 Å². The maximum absolute atomic E-state index is 7.28. The molecule has 2 nitrogen and oxygen atoms in total. The fraction of sp³-hybridized carbons (Fsp3) is 0.455. The van der Waals surface area contributed by atoms with Gasteiger partial charge in [0.25, 0.3) is 0 Å². The Morgan fingerprint density at radius 1 is 0.491 bits per heavy atom. The molecule has 6 aliphatic carbocycles. The molecule has 7 aliphatic rings. The summed E-state index contributed by atoms with van der Waals surface area (Å²) in [6, 6.07) is 40.3. The molecule has 0 aromatic heterocycles. The molecule has 1 spiro atoms. The number of para-hydroxylation sites is 1. The van der Waals surface area contributed by atoms with Crippen molar-refractivity contribution in [3.8, 4) is 22.6 Å². The maximum Gasteiger partial charge on any atom is 0.134 e. The smallest absolute Gasteiger partial charge is 0.134 e. The predicted octanol–water partition coefficient (Wildman–Crippen LogP) is 15.0. The molecule has 5 aromatic carbocycles. The van der Waals surface area contributed by atoms with E-state index in [0.717, 1.165) is 23.3 Å². The van der Waals surface area contributed by atoms with Crippen LogP contribution in [0.2, 0.25) is 0 Å². The summed E-state index contributed by atoms with van der Waals surface area (Å²) >= 11 is 0. The lowest BCUT2D eigenvalue weighted by atomic mass is 9.55. The van der Waals surface area contributed by atoms with Gasteiger partial charge in [0.05, 0.1) is 5.69 Å². The molecule has 1 heterocycles. The van der Waals surface area contributed by atoms with E-state index in [2.05, 4.69) is 163 Å². The lowest BCUT2D eigenvalue weighted by Gasteiger charge is -2.50. The van der Waals surface area contributed by atoms with E-state index in [1.807, 2.05) is 0 Å². The molecule has 0 amide bonds. The maximum atomic E-state index is 7.28. The largest absolute Gasteiger partial charge is 0.457 e. The minimum absolute atomic E-state index is 0.0285. The third-order valence-electron chi connectivity index (χ3n) is 16.8. The zero-order valence-corrected chi connectivity index (χ0v) is 35.6. The van der Waals surface area contributed by atoms with Gasteiger partial charge in [0.15, 0.2) is 0 Å². The Bertz CT molecular complexity index is 2370. The van der Waals surface area contributed by atoms with Crippen molar-refractivity contribution in [1.82, 2.24) is 0 Å². The van der Waals surface area contributed by atoms with Crippen LogP contribution in [0.3, 0.4) is 0 Å². The minimum atomic E-state index is -0.0285. The van der Waals surface area contributed by atoms with E-state index in [-0.39, 0.29) is 27.1 Å². The Kier molecular flexibility index (Phi) is 7.48. The van der Waals surface area contributed by atoms with Gasteiger partial charge in [0.1, 0.15) is 11.5 Å². The molecule has 5 atom stereocenters. The Labute approximate surface area is 342 Å². The van der Waals surface area contributed by atoms with Gasteiger partial charge in [-0.15, -0.1) is 0 Å². The van der Waals surface area contributed by atoms with Crippen molar-refractivity contribution in [3.63, 3.8) is 0 Å². The monoisotopic (exact) mass is 751 g/mol. The van der Waals surface area contributed by atoms with Crippen LogP contribution in [0.1, 0.15) is 140 Å². The summed E-state index contributed by atoms with van der Waals surface area (Å²) in [5, 5.41) is 0. The molecule has 2 heteroatoms. The van der Waals surface area contributed by atoms with Gasteiger partial charge in [0.2, 0.25) is 0 Å². The summed E-state index contributed by atoms with van der Waals surface area (Å²) in [5.74, 6) is 5.12. The number of hydrogen-bond donors (Lipinski definition) is 0. The Hall–Kier alpha value is -4.30. The van der Waals surface area contributed by atoms with E-state index in [1.54, 1.807) is 0 Å². The summed E-state index contributed by atoms with van der Waals surface area (Å²) in [5.41, 5.74) is 15.6. The van der Waals surface area contributed by atoms with E-state index >= 15 is 0 Å². The van der Waals surface area contributed by atoms with Crippen LogP contribution in [0.5, 0.6) is 11.5 Å². The molecule has 1 aliphatic heterocycles. The van der Waals surface area contributed by atoms with Crippen molar-refractivity contribution in [1.29, 1.82) is 0 Å². The molecule has 4 bridgehead atoms. The second kappa shape index (κ2) is 11.9. The first-order chi connectivity index (χ1) is 27.2. The molecule has 57 heavy (non-hydrogen) atoms. The average Bonchev–Trinajstić information content (AvgIpc) is 3.60. The molecular formula is C55H61NO. The van der Waals surface area contributed by atoms with Crippen LogP contribution >= 0.6 is 0 Å². The third kappa shape index (κ3) is 5.07. The average molecular weight is 752 g/mol. The first-order valence-electron chi connectivity index (χ1n) is 22.3. The van der Waals surface area contributed by atoms with E-state index in [9.17, 15) is 0 Å². The highest BCUT2D eigenvalue weighted by molar-refractivity contribution is 5.86. The number of benzene rings is 5. The molecule has 292 valence electrons. The fourth-order valence-electron chi connectivity index (χ4n) is 13.7. The van der Waals surface area contributed by atoms with Crippen LogP contribution in [-0.2, 0) is 27.1 Å². The Morgan fingerprint density at radius 2 is 1.07 bits per heavy atom. The lowest BCUT2D eigenvalue weighted by Crippen LogP contribution is -2.44. The number of rotatable bonds is 4. The van der Waals surface area contributed by atoms with Crippen LogP contribution < -0.4 is 9.64 Å².